The molecule has 0 spiro atoms. The van der Waals surface area contributed by atoms with E-state index in [1.54, 1.807) is 0 Å². The Hall–Kier alpha value is -0.580. The highest BCUT2D eigenvalue weighted by Gasteiger charge is 2.19. The Morgan fingerprint density at radius 2 is 2.35 bits per heavy atom. The van der Waals surface area contributed by atoms with Gasteiger partial charge in [0.15, 0.2) is 0 Å². The number of piperazine rings is 1. The zero-order chi connectivity index (χ0) is 12.3. The highest BCUT2D eigenvalue weighted by atomic mass is 79.9. The summed E-state index contributed by atoms with van der Waals surface area (Å²) in [5.74, 6) is 0. The molecule has 0 aliphatic carbocycles. The maximum atomic E-state index is 3.54. The van der Waals surface area contributed by atoms with Crippen molar-refractivity contribution >= 4 is 21.6 Å². The Bertz CT molecular complexity index is 379. The van der Waals surface area contributed by atoms with Crippen molar-refractivity contribution in [1.29, 1.82) is 0 Å². The van der Waals surface area contributed by atoms with Gasteiger partial charge in [0.2, 0.25) is 0 Å². The lowest BCUT2D eigenvalue weighted by molar-refractivity contribution is 0.443. The molecule has 3 nitrogen and oxygen atoms in total. The minimum atomic E-state index is 0.539. The predicted octanol–water partition coefficient (Wildman–Crippen LogP) is 1.76. The summed E-state index contributed by atoms with van der Waals surface area (Å²) in [5, 5.41) is 6.77. The summed E-state index contributed by atoms with van der Waals surface area (Å²) in [4.78, 5) is 2.47. The van der Waals surface area contributed by atoms with Crippen LogP contribution in [0.15, 0.2) is 22.7 Å². The Morgan fingerprint density at radius 1 is 1.53 bits per heavy atom. The first-order valence-electron chi connectivity index (χ1n) is 6.10. The van der Waals surface area contributed by atoms with Crippen LogP contribution in [0.25, 0.3) is 0 Å². The standard InChI is InChI=1S/C13H20BrN3/c1-10-7-11(14)3-4-13(10)17-6-5-16-12(9-17)8-15-2/h3-4,7,12,15-16H,5-6,8-9H2,1-2H3. The monoisotopic (exact) mass is 297 g/mol. The fraction of sp³-hybridized carbons (Fsp3) is 0.538. The quantitative estimate of drug-likeness (QED) is 0.890. The van der Waals surface area contributed by atoms with Crippen LogP contribution in [0.1, 0.15) is 5.56 Å². The van der Waals surface area contributed by atoms with Crippen molar-refractivity contribution in [1.82, 2.24) is 10.6 Å². The van der Waals surface area contributed by atoms with E-state index in [-0.39, 0.29) is 0 Å². The fourth-order valence-corrected chi connectivity index (χ4v) is 2.88. The average molecular weight is 298 g/mol. The third-order valence-corrected chi connectivity index (χ3v) is 3.70. The number of rotatable bonds is 3. The number of nitrogens with zero attached hydrogens (tertiary/aromatic N) is 1. The van der Waals surface area contributed by atoms with Crippen LogP contribution in [-0.2, 0) is 0 Å². The molecular weight excluding hydrogens is 278 g/mol. The van der Waals surface area contributed by atoms with E-state index in [1.165, 1.54) is 11.3 Å². The lowest BCUT2D eigenvalue weighted by Crippen LogP contribution is -2.54. The first-order chi connectivity index (χ1) is 8.20. The lowest BCUT2D eigenvalue weighted by Gasteiger charge is -2.36. The number of halogens is 1. The second-order valence-corrected chi connectivity index (χ2v) is 5.50. The summed E-state index contributed by atoms with van der Waals surface area (Å²) in [5.41, 5.74) is 2.69. The summed E-state index contributed by atoms with van der Waals surface area (Å²) in [6.07, 6.45) is 0. The highest BCUT2D eigenvalue weighted by Crippen LogP contribution is 2.24. The summed E-state index contributed by atoms with van der Waals surface area (Å²) >= 11 is 3.52. The molecule has 0 bridgehead atoms. The molecule has 1 aromatic rings. The van der Waals surface area contributed by atoms with E-state index in [1.807, 2.05) is 7.05 Å². The molecule has 0 saturated carbocycles. The van der Waals surface area contributed by atoms with Gasteiger partial charge in [0.05, 0.1) is 0 Å². The molecule has 1 atom stereocenters. The summed E-state index contributed by atoms with van der Waals surface area (Å²) in [6, 6.07) is 7.06. The smallest absolute Gasteiger partial charge is 0.0397 e. The average Bonchev–Trinajstić information content (AvgIpc) is 2.29. The minimum absolute atomic E-state index is 0.539. The van der Waals surface area contributed by atoms with Gasteiger partial charge in [-0.05, 0) is 37.7 Å². The van der Waals surface area contributed by atoms with E-state index in [2.05, 4.69) is 56.6 Å². The molecule has 2 N–H and O–H groups in total. The topological polar surface area (TPSA) is 27.3 Å². The van der Waals surface area contributed by atoms with Gasteiger partial charge in [-0.25, -0.2) is 0 Å². The third-order valence-electron chi connectivity index (χ3n) is 3.21. The fourth-order valence-electron chi connectivity index (χ4n) is 2.40. The van der Waals surface area contributed by atoms with Gasteiger partial charge in [0, 0.05) is 42.4 Å². The molecule has 4 heteroatoms. The second kappa shape index (κ2) is 5.85. The van der Waals surface area contributed by atoms with Crippen LogP contribution in [0.5, 0.6) is 0 Å². The van der Waals surface area contributed by atoms with Gasteiger partial charge in [0.1, 0.15) is 0 Å². The SMILES string of the molecule is CNCC1CN(c2ccc(Br)cc2C)CCN1. The zero-order valence-corrected chi connectivity index (χ0v) is 12.0. The van der Waals surface area contributed by atoms with E-state index in [4.69, 9.17) is 0 Å². The van der Waals surface area contributed by atoms with Crippen LogP contribution < -0.4 is 15.5 Å². The molecule has 1 aliphatic heterocycles. The minimum Gasteiger partial charge on any atom is -0.368 e. The lowest BCUT2D eigenvalue weighted by atomic mass is 10.1. The van der Waals surface area contributed by atoms with Gasteiger partial charge in [0.25, 0.3) is 0 Å². The molecule has 17 heavy (non-hydrogen) atoms. The molecule has 94 valence electrons. The summed E-state index contributed by atoms with van der Waals surface area (Å²) in [7, 11) is 2.01. The van der Waals surface area contributed by atoms with Gasteiger partial charge in [-0.15, -0.1) is 0 Å². The van der Waals surface area contributed by atoms with Crippen LogP contribution >= 0.6 is 15.9 Å². The number of aryl methyl sites for hydroxylation is 1. The predicted molar refractivity (Wildman–Crippen MR) is 76.8 cm³/mol. The second-order valence-electron chi connectivity index (χ2n) is 4.59. The van der Waals surface area contributed by atoms with Crippen molar-refractivity contribution in [2.75, 3.05) is 38.1 Å². The molecule has 1 saturated heterocycles. The number of benzene rings is 1. The molecule has 0 aromatic heterocycles. The van der Waals surface area contributed by atoms with Crippen molar-refractivity contribution in [3.8, 4) is 0 Å². The number of hydrogen-bond acceptors (Lipinski definition) is 3. The summed E-state index contributed by atoms with van der Waals surface area (Å²) in [6.45, 7) is 6.41. The van der Waals surface area contributed by atoms with Gasteiger partial charge >= 0.3 is 0 Å². The van der Waals surface area contributed by atoms with Gasteiger partial charge in [-0.3, -0.25) is 0 Å². The van der Waals surface area contributed by atoms with Crippen LogP contribution in [0.2, 0.25) is 0 Å². The number of likely N-dealkylation sites (N-methyl/N-ethyl adjacent to an activating group) is 1. The Kier molecular flexibility index (Phi) is 4.42. The Morgan fingerprint density at radius 3 is 3.06 bits per heavy atom. The van der Waals surface area contributed by atoms with Crippen molar-refractivity contribution in [2.24, 2.45) is 0 Å². The first kappa shape index (κ1) is 12.9. The van der Waals surface area contributed by atoms with E-state index >= 15 is 0 Å². The molecular formula is C13H20BrN3. The van der Waals surface area contributed by atoms with Crippen LogP contribution in [0.3, 0.4) is 0 Å². The molecule has 1 unspecified atom stereocenters. The van der Waals surface area contributed by atoms with Gasteiger partial charge < -0.3 is 15.5 Å². The maximum absolute atomic E-state index is 3.54. The number of nitrogens with one attached hydrogen (secondary N) is 2. The van der Waals surface area contributed by atoms with Crippen LogP contribution in [0.4, 0.5) is 5.69 Å². The molecule has 2 rings (SSSR count). The van der Waals surface area contributed by atoms with E-state index < -0.39 is 0 Å². The highest BCUT2D eigenvalue weighted by molar-refractivity contribution is 9.10. The van der Waals surface area contributed by atoms with Crippen molar-refractivity contribution in [2.45, 2.75) is 13.0 Å². The zero-order valence-electron chi connectivity index (χ0n) is 10.5. The van der Waals surface area contributed by atoms with E-state index in [0.29, 0.717) is 6.04 Å². The van der Waals surface area contributed by atoms with E-state index in [0.717, 1.165) is 30.7 Å². The molecule has 1 aromatic carbocycles. The van der Waals surface area contributed by atoms with Gasteiger partial charge in [-0.2, -0.15) is 0 Å². The van der Waals surface area contributed by atoms with Crippen LogP contribution in [0, 0.1) is 6.92 Å². The van der Waals surface area contributed by atoms with E-state index in [9.17, 15) is 0 Å². The van der Waals surface area contributed by atoms with Crippen molar-refractivity contribution in [3.05, 3.63) is 28.2 Å². The van der Waals surface area contributed by atoms with Gasteiger partial charge in [-0.1, -0.05) is 15.9 Å². The molecule has 0 radical (unpaired) electrons. The molecule has 1 aliphatic rings. The summed E-state index contributed by atoms with van der Waals surface area (Å²) < 4.78 is 1.15. The normalized spacial score (nSPS) is 20.6. The Labute approximate surface area is 112 Å². The number of hydrogen-bond donors (Lipinski definition) is 2. The van der Waals surface area contributed by atoms with Crippen molar-refractivity contribution in [3.63, 3.8) is 0 Å². The van der Waals surface area contributed by atoms with Crippen LogP contribution in [-0.4, -0.2) is 39.3 Å². The first-order valence-corrected chi connectivity index (χ1v) is 6.89. The molecule has 1 fully saturated rings. The Balaban J connectivity index is 2.10. The third kappa shape index (κ3) is 3.21. The molecule has 0 amide bonds. The maximum Gasteiger partial charge on any atom is 0.0397 e. The van der Waals surface area contributed by atoms with Crippen molar-refractivity contribution < 1.29 is 0 Å². The molecule has 1 heterocycles. The largest absolute Gasteiger partial charge is 0.368 e. The number of anilines is 1.